The molecule has 0 aliphatic rings. The van der Waals surface area contributed by atoms with Crippen LogP contribution in [0.4, 0.5) is 27.4 Å². The zero-order valence-electron chi connectivity index (χ0n) is 22.8. The van der Waals surface area contributed by atoms with Gasteiger partial charge in [0, 0.05) is 35.1 Å². The number of benzene rings is 4. The topological polar surface area (TPSA) is 132 Å². The molecule has 0 aliphatic carbocycles. The largest absolute Gasteiger partial charge is 0.497 e. The standard InChI is InChI=1S/C30H26FN5O5S/c1-18-13-19(11-12-25(18)31)30(37)33-20-7-6-8-24(16-20)42(38,39)36-29-28(34-26-9-4-5-10-27(26)35-29)32-21-14-22(40-2)17-23(15-21)41-3/h4-17H,1-3H3,(H,32,34)(H,33,37)(H,35,36). The van der Waals surface area contributed by atoms with Crippen LogP contribution in [0.15, 0.2) is 89.8 Å². The highest BCUT2D eigenvalue weighted by atomic mass is 32.2. The quantitative estimate of drug-likeness (QED) is 0.195. The van der Waals surface area contributed by atoms with E-state index >= 15 is 0 Å². The summed E-state index contributed by atoms with van der Waals surface area (Å²) in [5.41, 5.74) is 2.32. The van der Waals surface area contributed by atoms with Gasteiger partial charge in [-0.15, -0.1) is 0 Å². The zero-order chi connectivity index (χ0) is 29.9. The highest BCUT2D eigenvalue weighted by Crippen LogP contribution is 2.31. The van der Waals surface area contributed by atoms with Gasteiger partial charge in [-0.2, -0.15) is 0 Å². The van der Waals surface area contributed by atoms with Gasteiger partial charge in [0.05, 0.1) is 30.1 Å². The summed E-state index contributed by atoms with van der Waals surface area (Å²) >= 11 is 0. The summed E-state index contributed by atoms with van der Waals surface area (Å²) in [4.78, 5) is 21.7. The van der Waals surface area contributed by atoms with Gasteiger partial charge in [0.1, 0.15) is 17.3 Å². The number of hydrogen-bond acceptors (Lipinski definition) is 8. The van der Waals surface area contributed by atoms with Gasteiger partial charge in [0.2, 0.25) is 0 Å². The third-order valence-corrected chi connectivity index (χ3v) is 7.57. The van der Waals surface area contributed by atoms with Crippen molar-refractivity contribution < 1.29 is 27.1 Å². The summed E-state index contributed by atoms with van der Waals surface area (Å²) in [7, 11) is -1.16. The van der Waals surface area contributed by atoms with E-state index in [2.05, 4.69) is 25.3 Å². The van der Waals surface area contributed by atoms with Crippen molar-refractivity contribution >= 4 is 50.0 Å². The van der Waals surface area contributed by atoms with Gasteiger partial charge in [-0.25, -0.2) is 22.8 Å². The average Bonchev–Trinajstić information content (AvgIpc) is 2.98. The van der Waals surface area contributed by atoms with Crippen molar-refractivity contribution in [1.82, 2.24) is 9.97 Å². The maximum atomic E-state index is 13.6. The highest BCUT2D eigenvalue weighted by Gasteiger charge is 2.20. The van der Waals surface area contributed by atoms with Crippen LogP contribution in [0, 0.1) is 12.7 Å². The molecular weight excluding hydrogens is 561 g/mol. The molecule has 12 heteroatoms. The number of carbonyl (C=O) groups excluding carboxylic acids is 1. The Morgan fingerprint density at radius 2 is 1.45 bits per heavy atom. The maximum absolute atomic E-state index is 13.6. The highest BCUT2D eigenvalue weighted by molar-refractivity contribution is 7.92. The molecule has 1 amide bonds. The number of hydrogen-bond donors (Lipinski definition) is 3. The van der Waals surface area contributed by atoms with E-state index in [9.17, 15) is 17.6 Å². The first-order valence-corrected chi connectivity index (χ1v) is 14.1. The van der Waals surface area contributed by atoms with E-state index in [4.69, 9.17) is 9.47 Å². The summed E-state index contributed by atoms with van der Waals surface area (Å²) in [5, 5.41) is 5.76. The Hall–Kier alpha value is -5.23. The van der Waals surface area contributed by atoms with Gasteiger partial charge in [0.25, 0.3) is 15.9 Å². The van der Waals surface area contributed by atoms with Gasteiger partial charge < -0.3 is 20.1 Å². The van der Waals surface area contributed by atoms with Crippen molar-refractivity contribution in [1.29, 1.82) is 0 Å². The smallest absolute Gasteiger partial charge is 0.263 e. The van der Waals surface area contributed by atoms with Gasteiger partial charge in [0.15, 0.2) is 11.6 Å². The molecule has 0 unspecified atom stereocenters. The monoisotopic (exact) mass is 587 g/mol. The van der Waals surface area contributed by atoms with Crippen molar-refractivity contribution in [3.8, 4) is 11.5 Å². The lowest BCUT2D eigenvalue weighted by atomic mass is 10.1. The zero-order valence-corrected chi connectivity index (χ0v) is 23.6. The van der Waals surface area contributed by atoms with Crippen molar-refractivity contribution in [3.63, 3.8) is 0 Å². The van der Waals surface area contributed by atoms with E-state index in [-0.39, 0.29) is 27.8 Å². The van der Waals surface area contributed by atoms with Gasteiger partial charge >= 0.3 is 0 Å². The van der Waals surface area contributed by atoms with Crippen molar-refractivity contribution in [2.75, 3.05) is 29.6 Å². The summed E-state index contributed by atoms with van der Waals surface area (Å²) < 4.78 is 53.9. The Labute approximate surface area is 241 Å². The number of fused-ring (bicyclic) bond motifs is 1. The number of nitrogens with zero attached hydrogens (tertiary/aromatic N) is 2. The number of aromatic nitrogens is 2. The number of ether oxygens (including phenoxy) is 2. The van der Waals surface area contributed by atoms with Gasteiger partial charge in [-0.3, -0.25) is 9.52 Å². The summed E-state index contributed by atoms with van der Waals surface area (Å²) in [6.07, 6.45) is 0. The lowest BCUT2D eigenvalue weighted by molar-refractivity contribution is 0.102. The molecule has 0 radical (unpaired) electrons. The molecule has 0 atom stereocenters. The molecule has 3 N–H and O–H groups in total. The first-order valence-electron chi connectivity index (χ1n) is 12.6. The second kappa shape index (κ2) is 11.7. The van der Waals surface area contributed by atoms with Crippen LogP contribution in [-0.2, 0) is 10.0 Å². The fourth-order valence-electron chi connectivity index (χ4n) is 4.09. The van der Waals surface area contributed by atoms with E-state index < -0.39 is 21.7 Å². The van der Waals surface area contributed by atoms with Crippen molar-refractivity contribution in [2.24, 2.45) is 0 Å². The summed E-state index contributed by atoms with van der Waals surface area (Å²) in [6, 6.07) is 21.8. The molecule has 4 aromatic carbocycles. The molecule has 0 spiro atoms. The minimum absolute atomic E-state index is 0.0493. The average molecular weight is 588 g/mol. The van der Waals surface area contributed by atoms with Gasteiger partial charge in [-0.05, 0) is 61.0 Å². The van der Waals surface area contributed by atoms with Crippen LogP contribution in [0.1, 0.15) is 15.9 Å². The number of para-hydroxylation sites is 2. The van der Waals surface area contributed by atoms with E-state index in [1.807, 2.05) is 0 Å². The molecule has 42 heavy (non-hydrogen) atoms. The molecule has 0 saturated heterocycles. The molecule has 0 saturated carbocycles. The fourth-order valence-corrected chi connectivity index (χ4v) is 5.15. The predicted molar refractivity (Wildman–Crippen MR) is 159 cm³/mol. The molecule has 0 aliphatic heterocycles. The first-order chi connectivity index (χ1) is 20.1. The summed E-state index contributed by atoms with van der Waals surface area (Å²) in [5.74, 6) is 0.184. The van der Waals surface area contributed by atoms with E-state index in [0.717, 1.165) is 0 Å². The Bertz CT molecular complexity index is 1890. The van der Waals surface area contributed by atoms with Crippen molar-refractivity contribution in [3.05, 3.63) is 102 Å². The lowest BCUT2D eigenvalue weighted by Gasteiger charge is -2.15. The minimum Gasteiger partial charge on any atom is -0.497 e. The molecule has 5 rings (SSSR count). The Morgan fingerprint density at radius 1 is 0.786 bits per heavy atom. The van der Waals surface area contributed by atoms with E-state index in [0.29, 0.717) is 33.8 Å². The Morgan fingerprint density at radius 3 is 2.10 bits per heavy atom. The normalized spacial score (nSPS) is 11.1. The number of anilines is 4. The number of nitrogens with one attached hydrogen (secondary N) is 3. The molecule has 0 fully saturated rings. The van der Waals surface area contributed by atoms with Crippen LogP contribution in [0.2, 0.25) is 0 Å². The predicted octanol–water partition coefficient (Wildman–Crippen LogP) is 5.89. The minimum atomic E-state index is -4.20. The van der Waals surface area contributed by atoms with Crippen LogP contribution in [0.25, 0.3) is 11.0 Å². The number of halogens is 1. The fraction of sp³-hybridized carbons (Fsp3) is 0.100. The SMILES string of the molecule is COc1cc(Nc2nc3ccccc3nc2NS(=O)(=O)c2cccc(NC(=O)c3ccc(F)c(C)c3)c2)cc(OC)c1. The molecule has 10 nitrogen and oxygen atoms in total. The molecule has 0 bridgehead atoms. The number of sulfonamides is 1. The molecule has 5 aromatic rings. The van der Waals surface area contributed by atoms with Crippen LogP contribution >= 0.6 is 0 Å². The molecular formula is C30H26FN5O5S. The van der Waals surface area contributed by atoms with Crippen LogP contribution in [0.3, 0.4) is 0 Å². The number of aryl methyl sites for hydroxylation is 1. The Kier molecular flexibility index (Phi) is 7.89. The number of amides is 1. The second-order valence-corrected chi connectivity index (χ2v) is 10.9. The van der Waals surface area contributed by atoms with Crippen LogP contribution in [0.5, 0.6) is 11.5 Å². The first kappa shape index (κ1) is 28.3. The molecule has 214 valence electrons. The van der Waals surface area contributed by atoms with Gasteiger partial charge in [-0.1, -0.05) is 18.2 Å². The second-order valence-electron chi connectivity index (χ2n) is 9.19. The molecule has 1 aromatic heterocycles. The number of rotatable bonds is 9. The van der Waals surface area contributed by atoms with E-state index in [1.165, 1.54) is 50.6 Å². The lowest BCUT2D eigenvalue weighted by Crippen LogP contribution is -2.17. The van der Waals surface area contributed by atoms with Crippen molar-refractivity contribution in [2.45, 2.75) is 11.8 Å². The Balaban J connectivity index is 1.46. The number of carbonyl (C=O) groups is 1. The van der Waals surface area contributed by atoms with Crippen LogP contribution in [-0.4, -0.2) is 38.5 Å². The van der Waals surface area contributed by atoms with Crippen LogP contribution < -0.4 is 24.8 Å². The van der Waals surface area contributed by atoms with E-state index in [1.54, 1.807) is 55.5 Å². The third-order valence-electron chi connectivity index (χ3n) is 6.24. The molecule has 1 heterocycles. The third kappa shape index (κ3) is 6.23. The summed E-state index contributed by atoms with van der Waals surface area (Å²) in [6.45, 7) is 1.55. The number of methoxy groups -OCH3 is 2. The maximum Gasteiger partial charge on any atom is 0.263 e.